The number of nitrogens with two attached hydrogens (primary N) is 2. The predicted octanol–water partition coefficient (Wildman–Crippen LogP) is 0.673. The zero-order valence-electron chi connectivity index (χ0n) is 14.0. The summed E-state index contributed by atoms with van der Waals surface area (Å²) >= 11 is 0. The Hall–Kier alpha value is -2.08. The molecule has 1 aromatic carbocycles. The van der Waals surface area contributed by atoms with Crippen LogP contribution in [0.3, 0.4) is 0 Å². The average molecular weight is 315 g/mol. The Kier molecular flexibility index (Phi) is 5.99. The molecule has 6 heteroatoms. The van der Waals surface area contributed by atoms with Crippen LogP contribution in [0, 0.1) is 6.92 Å². The molecule has 124 valence electrons. The lowest BCUT2D eigenvalue weighted by atomic mass is 9.95. The molecule has 5 N–H and O–H groups in total. The van der Waals surface area contributed by atoms with Gasteiger partial charge in [0.25, 0.3) is 0 Å². The molecular formula is C17H26BN3O2. The van der Waals surface area contributed by atoms with Gasteiger partial charge in [0.2, 0.25) is 0 Å². The Morgan fingerprint density at radius 3 is 2.87 bits per heavy atom. The maximum absolute atomic E-state index is 10.2. The largest absolute Gasteiger partial charge is 0.507 e. The van der Waals surface area contributed by atoms with E-state index in [1.54, 1.807) is 6.08 Å². The van der Waals surface area contributed by atoms with Crippen molar-refractivity contribution < 1.29 is 9.84 Å². The van der Waals surface area contributed by atoms with Crippen molar-refractivity contribution in [2.45, 2.75) is 25.8 Å². The minimum Gasteiger partial charge on any atom is -0.507 e. The van der Waals surface area contributed by atoms with Gasteiger partial charge in [-0.15, -0.1) is 0 Å². The Balaban J connectivity index is 1.87. The van der Waals surface area contributed by atoms with Crippen LogP contribution in [0.15, 0.2) is 36.2 Å². The first-order chi connectivity index (χ1) is 11.0. The van der Waals surface area contributed by atoms with E-state index < -0.39 is 0 Å². The van der Waals surface area contributed by atoms with Crippen molar-refractivity contribution in [3.05, 3.63) is 47.3 Å². The molecule has 1 aromatic rings. The van der Waals surface area contributed by atoms with Crippen LogP contribution in [0.2, 0.25) is 6.32 Å². The zero-order chi connectivity index (χ0) is 16.8. The van der Waals surface area contributed by atoms with Crippen molar-refractivity contribution in [1.82, 2.24) is 4.90 Å². The summed E-state index contributed by atoms with van der Waals surface area (Å²) in [6.45, 7) is 4.28. The van der Waals surface area contributed by atoms with Crippen LogP contribution in [0.1, 0.15) is 11.1 Å². The Morgan fingerprint density at radius 2 is 2.22 bits per heavy atom. The first kappa shape index (κ1) is 17.3. The molecule has 2 rings (SSSR count). The standard InChI is InChI=1S/C17H26BN3O2/c1-12-16(5-4-13(6-7-18)17(12)22)23-15-10-21(11-15)9-14(20)3-2-8-19/h2-5,8,15,22H,6-7,9-11,18-20H2,1H3/b8-2-,14-3-. The number of aryl methyl sites for hydroxylation is 1. The molecular weight excluding hydrogens is 289 g/mol. The molecule has 0 spiro atoms. The van der Waals surface area contributed by atoms with Gasteiger partial charge < -0.3 is 21.3 Å². The van der Waals surface area contributed by atoms with E-state index in [1.807, 2.05) is 25.1 Å². The SMILES string of the molecule is BCCc1ccc(OC2CN(C/C(N)=C/C=C\N)C2)c(C)c1O. The molecule has 0 bridgehead atoms. The van der Waals surface area contributed by atoms with Gasteiger partial charge >= 0.3 is 0 Å². The van der Waals surface area contributed by atoms with E-state index in [4.69, 9.17) is 16.2 Å². The molecule has 1 fully saturated rings. The summed E-state index contributed by atoms with van der Waals surface area (Å²) in [5, 5.41) is 10.2. The lowest BCUT2D eigenvalue weighted by Gasteiger charge is -2.39. The number of phenolic OH excluding ortho intramolecular Hbond substituents is 1. The van der Waals surface area contributed by atoms with Crippen LogP contribution in [-0.4, -0.2) is 43.6 Å². The first-order valence-electron chi connectivity index (χ1n) is 8.08. The van der Waals surface area contributed by atoms with Gasteiger partial charge in [0.1, 0.15) is 25.4 Å². The molecule has 1 saturated heterocycles. The monoisotopic (exact) mass is 315 g/mol. The molecule has 23 heavy (non-hydrogen) atoms. The minimum absolute atomic E-state index is 0.142. The van der Waals surface area contributed by atoms with E-state index in [9.17, 15) is 5.11 Å². The van der Waals surface area contributed by atoms with Gasteiger partial charge in [-0.25, -0.2) is 0 Å². The third-order valence-electron chi connectivity index (χ3n) is 4.03. The molecule has 1 aliphatic heterocycles. The van der Waals surface area contributed by atoms with Gasteiger partial charge in [-0.05, 0) is 43.3 Å². The fourth-order valence-corrected chi connectivity index (χ4v) is 2.73. The number of nitrogens with zero attached hydrogens (tertiary/aromatic N) is 1. The highest BCUT2D eigenvalue weighted by molar-refractivity contribution is 6.08. The number of benzene rings is 1. The molecule has 1 heterocycles. The van der Waals surface area contributed by atoms with E-state index in [-0.39, 0.29) is 6.10 Å². The summed E-state index contributed by atoms with van der Waals surface area (Å²) in [5.74, 6) is 1.13. The van der Waals surface area contributed by atoms with Crippen molar-refractivity contribution in [3.63, 3.8) is 0 Å². The van der Waals surface area contributed by atoms with Crippen molar-refractivity contribution >= 4 is 7.85 Å². The normalized spacial score (nSPS) is 16.7. The third-order valence-corrected chi connectivity index (χ3v) is 4.03. The summed E-state index contributed by atoms with van der Waals surface area (Å²) in [4.78, 5) is 2.21. The predicted molar refractivity (Wildman–Crippen MR) is 96.4 cm³/mol. The molecule has 0 amide bonds. The van der Waals surface area contributed by atoms with Gasteiger partial charge in [0.05, 0.1) is 0 Å². The van der Waals surface area contributed by atoms with E-state index in [0.717, 1.165) is 48.4 Å². The summed E-state index contributed by atoms with van der Waals surface area (Å²) < 4.78 is 5.99. The number of likely N-dealkylation sites (tertiary alicyclic amines) is 1. The summed E-state index contributed by atoms with van der Waals surface area (Å²) in [6.07, 6.45) is 7.04. The molecule has 0 unspecified atom stereocenters. The second kappa shape index (κ2) is 7.97. The molecule has 0 aliphatic carbocycles. The molecule has 0 aromatic heterocycles. The van der Waals surface area contributed by atoms with Crippen LogP contribution in [0.4, 0.5) is 0 Å². The van der Waals surface area contributed by atoms with Gasteiger partial charge in [-0.1, -0.05) is 12.4 Å². The lowest BCUT2D eigenvalue weighted by Crippen LogP contribution is -2.54. The van der Waals surface area contributed by atoms with E-state index in [0.29, 0.717) is 12.3 Å². The Morgan fingerprint density at radius 1 is 1.48 bits per heavy atom. The highest BCUT2D eigenvalue weighted by Crippen LogP contribution is 2.32. The Bertz CT molecular complexity index is 596. The fourth-order valence-electron chi connectivity index (χ4n) is 2.73. The molecule has 0 atom stereocenters. The number of allylic oxidation sites excluding steroid dienone is 2. The van der Waals surface area contributed by atoms with Crippen molar-refractivity contribution in [1.29, 1.82) is 0 Å². The van der Waals surface area contributed by atoms with Crippen molar-refractivity contribution in [2.24, 2.45) is 11.5 Å². The van der Waals surface area contributed by atoms with Crippen molar-refractivity contribution in [3.8, 4) is 11.5 Å². The molecule has 1 aliphatic rings. The number of phenols is 1. The van der Waals surface area contributed by atoms with E-state index in [1.165, 1.54) is 6.20 Å². The van der Waals surface area contributed by atoms with E-state index in [2.05, 4.69) is 12.7 Å². The molecule has 5 nitrogen and oxygen atoms in total. The minimum atomic E-state index is 0.142. The number of hydrogen-bond donors (Lipinski definition) is 3. The Labute approximate surface area is 139 Å². The van der Waals surface area contributed by atoms with Crippen molar-refractivity contribution in [2.75, 3.05) is 19.6 Å². The lowest BCUT2D eigenvalue weighted by molar-refractivity contribution is 0.0257. The van der Waals surface area contributed by atoms with Crippen LogP contribution < -0.4 is 16.2 Å². The van der Waals surface area contributed by atoms with Crippen LogP contribution >= 0.6 is 0 Å². The highest BCUT2D eigenvalue weighted by Gasteiger charge is 2.29. The highest BCUT2D eigenvalue weighted by atomic mass is 16.5. The first-order valence-corrected chi connectivity index (χ1v) is 8.08. The summed E-state index contributed by atoms with van der Waals surface area (Å²) in [7, 11) is 2.10. The second-order valence-electron chi connectivity index (χ2n) is 6.01. The van der Waals surface area contributed by atoms with Gasteiger partial charge in [0.15, 0.2) is 0 Å². The topological polar surface area (TPSA) is 84.7 Å². The zero-order valence-corrected chi connectivity index (χ0v) is 14.0. The quantitative estimate of drug-likeness (QED) is 0.509. The second-order valence-corrected chi connectivity index (χ2v) is 6.01. The van der Waals surface area contributed by atoms with Crippen LogP contribution in [-0.2, 0) is 6.42 Å². The molecule has 0 saturated carbocycles. The number of aromatic hydroxyl groups is 1. The van der Waals surface area contributed by atoms with E-state index >= 15 is 0 Å². The number of rotatable bonds is 7. The maximum atomic E-state index is 10.2. The summed E-state index contributed by atoms with van der Waals surface area (Å²) in [5.41, 5.74) is 13.8. The van der Waals surface area contributed by atoms with Gasteiger partial charge in [-0.3, -0.25) is 4.90 Å². The van der Waals surface area contributed by atoms with Gasteiger partial charge in [0, 0.05) is 30.9 Å². The third kappa shape index (κ3) is 4.45. The van der Waals surface area contributed by atoms with Crippen LogP contribution in [0.5, 0.6) is 11.5 Å². The van der Waals surface area contributed by atoms with Gasteiger partial charge in [-0.2, -0.15) is 0 Å². The summed E-state index contributed by atoms with van der Waals surface area (Å²) in [6, 6.07) is 3.92. The molecule has 0 radical (unpaired) electrons. The smallest absolute Gasteiger partial charge is 0.126 e. The van der Waals surface area contributed by atoms with Crippen LogP contribution in [0.25, 0.3) is 0 Å². The number of ether oxygens (including phenoxy) is 1. The maximum Gasteiger partial charge on any atom is 0.126 e. The fraction of sp³-hybridized carbons (Fsp3) is 0.412. The average Bonchev–Trinajstić information content (AvgIpc) is 2.50. The number of hydrogen-bond acceptors (Lipinski definition) is 5.